The number of pyridine rings is 1. The number of ether oxygens (including phenoxy) is 2. The summed E-state index contributed by atoms with van der Waals surface area (Å²) in [6.07, 6.45) is 1.62. The van der Waals surface area contributed by atoms with E-state index in [9.17, 15) is 10.1 Å². The van der Waals surface area contributed by atoms with Gasteiger partial charge in [0.25, 0.3) is 5.69 Å². The third-order valence-electron chi connectivity index (χ3n) is 2.30. The predicted molar refractivity (Wildman–Crippen MR) is 71.7 cm³/mol. The first kappa shape index (κ1) is 15.2. The molecule has 1 aromatic rings. The predicted octanol–water partition coefficient (Wildman–Crippen LogP) is 2.23. The number of aromatic nitrogens is 1. The molecular formula is C12H19N3O4. The number of anilines is 1. The summed E-state index contributed by atoms with van der Waals surface area (Å²) in [5.41, 5.74) is -0.0321. The van der Waals surface area contributed by atoms with E-state index in [2.05, 4.69) is 10.3 Å². The Balaban J connectivity index is 2.72. The molecule has 0 saturated carbocycles. The fraction of sp³-hybridized carbons (Fsp3) is 0.583. The summed E-state index contributed by atoms with van der Waals surface area (Å²) < 4.78 is 10.3. The smallest absolute Gasteiger partial charge is 0.278 e. The van der Waals surface area contributed by atoms with E-state index in [1.807, 2.05) is 6.92 Å². The molecule has 0 radical (unpaired) electrons. The van der Waals surface area contributed by atoms with Gasteiger partial charge in [0, 0.05) is 26.7 Å². The number of nitro groups is 1. The average molecular weight is 269 g/mol. The van der Waals surface area contributed by atoms with E-state index in [4.69, 9.17) is 9.47 Å². The van der Waals surface area contributed by atoms with Crippen molar-refractivity contribution in [2.24, 2.45) is 0 Å². The fourth-order valence-electron chi connectivity index (χ4n) is 1.39. The summed E-state index contributed by atoms with van der Waals surface area (Å²) in [6, 6.07) is 2.72. The zero-order valence-electron chi connectivity index (χ0n) is 11.2. The highest BCUT2D eigenvalue weighted by Crippen LogP contribution is 2.22. The molecule has 0 aromatic carbocycles. The van der Waals surface area contributed by atoms with Crippen molar-refractivity contribution >= 4 is 11.5 Å². The van der Waals surface area contributed by atoms with E-state index >= 15 is 0 Å². The van der Waals surface area contributed by atoms with E-state index in [0.29, 0.717) is 32.0 Å². The highest BCUT2D eigenvalue weighted by atomic mass is 16.6. The van der Waals surface area contributed by atoms with Crippen LogP contribution in [0.15, 0.2) is 12.1 Å². The minimum atomic E-state index is -0.458. The quantitative estimate of drug-likeness (QED) is 0.420. The molecule has 1 rings (SSSR count). The Kier molecular flexibility index (Phi) is 6.59. The van der Waals surface area contributed by atoms with Crippen LogP contribution in [0.2, 0.25) is 0 Å². The van der Waals surface area contributed by atoms with Crippen molar-refractivity contribution in [2.75, 3.05) is 32.2 Å². The van der Waals surface area contributed by atoms with Crippen molar-refractivity contribution in [1.29, 1.82) is 0 Å². The van der Waals surface area contributed by atoms with Crippen molar-refractivity contribution in [3.05, 3.63) is 22.2 Å². The standard InChI is InChI=1S/C12H19N3O4/c1-3-5-13-11-8-10(15(16)17)9-12(14-11)19-7-4-6-18-2/h8-9H,3-7H2,1-2H3,(H,13,14). The van der Waals surface area contributed by atoms with Crippen LogP contribution in [-0.4, -0.2) is 36.8 Å². The van der Waals surface area contributed by atoms with Crippen LogP contribution < -0.4 is 10.1 Å². The van der Waals surface area contributed by atoms with Gasteiger partial charge in [0.1, 0.15) is 5.82 Å². The molecular weight excluding hydrogens is 250 g/mol. The summed E-state index contributed by atoms with van der Waals surface area (Å²) in [5.74, 6) is 0.710. The fourth-order valence-corrected chi connectivity index (χ4v) is 1.39. The molecule has 0 fully saturated rings. The van der Waals surface area contributed by atoms with Crippen molar-refractivity contribution in [3.63, 3.8) is 0 Å². The molecule has 7 heteroatoms. The lowest BCUT2D eigenvalue weighted by molar-refractivity contribution is -0.384. The van der Waals surface area contributed by atoms with Crippen LogP contribution >= 0.6 is 0 Å². The van der Waals surface area contributed by atoms with Gasteiger partial charge >= 0.3 is 0 Å². The molecule has 1 aromatic heterocycles. The van der Waals surface area contributed by atoms with Gasteiger partial charge in [-0.05, 0) is 6.42 Å². The minimum Gasteiger partial charge on any atom is -0.477 e. The van der Waals surface area contributed by atoms with Gasteiger partial charge in [-0.2, -0.15) is 4.98 Å². The molecule has 0 bridgehead atoms. The van der Waals surface area contributed by atoms with Gasteiger partial charge in [0.2, 0.25) is 5.88 Å². The Bertz CT molecular complexity index is 412. The first-order valence-corrected chi connectivity index (χ1v) is 6.19. The molecule has 0 atom stereocenters. The molecule has 1 N–H and O–H groups in total. The molecule has 7 nitrogen and oxygen atoms in total. The topological polar surface area (TPSA) is 86.5 Å². The first-order valence-electron chi connectivity index (χ1n) is 6.19. The Morgan fingerprint density at radius 2 is 2.21 bits per heavy atom. The van der Waals surface area contributed by atoms with Crippen molar-refractivity contribution in [3.8, 4) is 5.88 Å². The number of nitrogens with one attached hydrogen (secondary N) is 1. The summed E-state index contributed by atoms with van der Waals surface area (Å²) in [5, 5.41) is 13.8. The lowest BCUT2D eigenvalue weighted by Crippen LogP contribution is -2.06. The molecule has 0 amide bonds. The zero-order chi connectivity index (χ0) is 14.1. The highest BCUT2D eigenvalue weighted by Gasteiger charge is 2.11. The summed E-state index contributed by atoms with van der Waals surface area (Å²) >= 11 is 0. The van der Waals surface area contributed by atoms with Gasteiger partial charge < -0.3 is 14.8 Å². The molecule has 106 valence electrons. The van der Waals surface area contributed by atoms with Crippen LogP contribution in [0, 0.1) is 10.1 Å². The number of hydrogen-bond donors (Lipinski definition) is 1. The molecule has 0 saturated heterocycles. The summed E-state index contributed by atoms with van der Waals surface area (Å²) in [4.78, 5) is 14.5. The van der Waals surface area contributed by atoms with Crippen LogP contribution in [0.1, 0.15) is 19.8 Å². The third-order valence-corrected chi connectivity index (χ3v) is 2.30. The maximum Gasteiger partial charge on any atom is 0.278 e. The van der Waals surface area contributed by atoms with Crippen molar-refractivity contribution in [2.45, 2.75) is 19.8 Å². The molecule has 0 aliphatic heterocycles. The minimum absolute atomic E-state index is 0.0321. The van der Waals surface area contributed by atoms with Gasteiger partial charge in [-0.1, -0.05) is 6.92 Å². The van der Waals surface area contributed by atoms with E-state index in [1.165, 1.54) is 12.1 Å². The number of methoxy groups -OCH3 is 1. The molecule has 0 aliphatic carbocycles. The molecule has 0 unspecified atom stereocenters. The van der Waals surface area contributed by atoms with Crippen LogP contribution in [0.3, 0.4) is 0 Å². The highest BCUT2D eigenvalue weighted by molar-refractivity contribution is 5.48. The Morgan fingerprint density at radius 1 is 1.42 bits per heavy atom. The second-order valence-corrected chi connectivity index (χ2v) is 3.93. The van der Waals surface area contributed by atoms with Crippen LogP contribution in [0.25, 0.3) is 0 Å². The SMILES string of the molecule is CCCNc1cc([N+](=O)[O-])cc(OCCCOC)n1. The Morgan fingerprint density at radius 3 is 2.84 bits per heavy atom. The maximum atomic E-state index is 10.8. The molecule has 0 aliphatic rings. The van der Waals surface area contributed by atoms with Crippen LogP contribution in [-0.2, 0) is 4.74 Å². The van der Waals surface area contributed by atoms with Gasteiger partial charge in [-0.25, -0.2) is 0 Å². The van der Waals surface area contributed by atoms with Gasteiger partial charge in [-0.15, -0.1) is 0 Å². The van der Waals surface area contributed by atoms with Gasteiger partial charge in [0.05, 0.1) is 23.7 Å². The number of rotatable bonds is 9. The Hall–Kier alpha value is -1.89. The number of hydrogen-bond acceptors (Lipinski definition) is 6. The van der Waals surface area contributed by atoms with E-state index in [-0.39, 0.29) is 11.6 Å². The maximum absolute atomic E-state index is 10.8. The lowest BCUT2D eigenvalue weighted by Gasteiger charge is -2.08. The van der Waals surface area contributed by atoms with Crippen molar-refractivity contribution < 1.29 is 14.4 Å². The van der Waals surface area contributed by atoms with E-state index in [1.54, 1.807) is 7.11 Å². The zero-order valence-corrected chi connectivity index (χ0v) is 11.2. The lowest BCUT2D eigenvalue weighted by atomic mass is 10.3. The van der Waals surface area contributed by atoms with E-state index < -0.39 is 4.92 Å². The molecule has 1 heterocycles. The van der Waals surface area contributed by atoms with Crippen molar-refractivity contribution in [1.82, 2.24) is 4.98 Å². The number of nitrogens with zero attached hydrogens (tertiary/aromatic N) is 2. The molecule has 19 heavy (non-hydrogen) atoms. The summed E-state index contributed by atoms with van der Waals surface area (Å²) in [6.45, 7) is 3.70. The van der Waals surface area contributed by atoms with Gasteiger partial charge in [-0.3, -0.25) is 10.1 Å². The second kappa shape index (κ2) is 8.25. The van der Waals surface area contributed by atoms with Crippen LogP contribution in [0.5, 0.6) is 5.88 Å². The first-order chi connectivity index (χ1) is 9.17. The second-order valence-electron chi connectivity index (χ2n) is 3.93. The largest absolute Gasteiger partial charge is 0.477 e. The Labute approximate surface area is 112 Å². The van der Waals surface area contributed by atoms with Gasteiger partial charge in [0.15, 0.2) is 0 Å². The van der Waals surface area contributed by atoms with Crippen LogP contribution in [0.4, 0.5) is 11.5 Å². The third kappa shape index (κ3) is 5.52. The monoisotopic (exact) mass is 269 g/mol. The average Bonchev–Trinajstić information content (AvgIpc) is 2.41. The van der Waals surface area contributed by atoms with E-state index in [0.717, 1.165) is 6.42 Å². The normalized spacial score (nSPS) is 10.2. The summed E-state index contributed by atoms with van der Waals surface area (Å²) in [7, 11) is 1.61. The molecule has 0 spiro atoms.